The van der Waals surface area contributed by atoms with E-state index in [1.807, 2.05) is 0 Å². The fraction of sp³-hybridized carbons (Fsp3) is 0.600. The minimum atomic E-state index is 0.772. The van der Waals surface area contributed by atoms with Crippen molar-refractivity contribution in [1.29, 1.82) is 0 Å². The molecule has 0 aromatic heterocycles. The molecule has 2 aliphatic heterocycles. The van der Waals surface area contributed by atoms with Gasteiger partial charge in [0, 0.05) is 24.7 Å². The molecule has 2 bridgehead atoms. The predicted molar refractivity (Wildman–Crippen MR) is 70.9 cm³/mol. The first-order valence-electron chi connectivity index (χ1n) is 6.81. The van der Waals surface area contributed by atoms with Gasteiger partial charge in [-0.2, -0.15) is 0 Å². The molecule has 1 aromatic carbocycles. The van der Waals surface area contributed by atoms with E-state index in [2.05, 4.69) is 47.6 Å². The van der Waals surface area contributed by atoms with Crippen molar-refractivity contribution in [2.75, 3.05) is 7.05 Å². The van der Waals surface area contributed by atoms with Crippen molar-refractivity contribution in [1.82, 2.24) is 10.2 Å². The van der Waals surface area contributed by atoms with Gasteiger partial charge in [0.2, 0.25) is 0 Å². The number of hydrogen-bond acceptors (Lipinski definition) is 2. The maximum atomic E-state index is 3.71. The summed E-state index contributed by atoms with van der Waals surface area (Å²) in [6, 6.07) is 13.2. The van der Waals surface area contributed by atoms with Crippen molar-refractivity contribution < 1.29 is 0 Å². The fourth-order valence-corrected chi connectivity index (χ4v) is 3.39. The molecule has 3 rings (SSSR count). The van der Waals surface area contributed by atoms with Crippen molar-refractivity contribution in [2.45, 2.75) is 50.4 Å². The van der Waals surface area contributed by atoms with E-state index in [0.29, 0.717) is 0 Å². The summed E-state index contributed by atoms with van der Waals surface area (Å²) < 4.78 is 0. The Bertz CT molecular complexity index is 350. The molecule has 0 radical (unpaired) electrons. The Hall–Kier alpha value is -0.860. The van der Waals surface area contributed by atoms with E-state index in [4.69, 9.17) is 0 Å². The van der Waals surface area contributed by atoms with E-state index in [0.717, 1.165) is 24.7 Å². The van der Waals surface area contributed by atoms with Crippen LogP contribution in [0.25, 0.3) is 0 Å². The zero-order valence-electron chi connectivity index (χ0n) is 10.6. The minimum absolute atomic E-state index is 0.772. The van der Waals surface area contributed by atoms with Gasteiger partial charge in [0.25, 0.3) is 0 Å². The first-order chi connectivity index (χ1) is 8.31. The molecule has 1 N–H and O–H groups in total. The minimum Gasteiger partial charge on any atom is -0.311 e. The third kappa shape index (κ3) is 2.53. The molecule has 2 heteroatoms. The second-order valence-electron chi connectivity index (χ2n) is 5.66. The average Bonchev–Trinajstić information content (AvgIpc) is 2.69. The molecule has 0 unspecified atom stereocenters. The Morgan fingerprint density at radius 1 is 1.12 bits per heavy atom. The van der Waals surface area contributed by atoms with E-state index in [-0.39, 0.29) is 0 Å². The zero-order chi connectivity index (χ0) is 11.7. The summed E-state index contributed by atoms with van der Waals surface area (Å²) in [5.74, 6) is 0. The van der Waals surface area contributed by atoms with Gasteiger partial charge in [-0.3, -0.25) is 4.90 Å². The summed E-state index contributed by atoms with van der Waals surface area (Å²) in [4.78, 5) is 2.54. The Balaban J connectivity index is 1.61. The number of hydrogen-bond donors (Lipinski definition) is 1. The van der Waals surface area contributed by atoms with Gasteiger partial charge in [-0.1, -0.05) is 30.3 Å². The van der Waals surface area contributed by atoms with Crippen LogP contribution in [-0.4, -0.2) is 30.1 Å². The average molecular weight is 230 g/mol. The van der Waals surface area contributed by atoms with Gasteiger partial charge >= 0.3 is 0 Å². The molecule has 2 saturated heterocycles. The largest absolute Gasteiger partial charge is 0.311 e. The Kier molecular flexibility index (Phi) is 3.17. The highest BCUT2D eigenvalue weighted by Gasteiger charge is 2.34. The number of fused-ring (bicyclic) bond motifs is 2. The molecule has 2 atom stereocenters. The van der Waals surface area contributed by atoms with Crippen LogP contribution in [0.15, 0.2) is 30.3 Å². The van der Waals surface area contributed by atoms with Crippen molar-refractivity contribution >= 4 is 0 Å². The quantitative estimate of drug-likeness (QED) is 0.858. The number of nitrogens with one attached hydrogen (secondary N) is 1. The molecule has 0 amide bonds. The Morgan fingerprint density at radius 2 is 1.76 bits per heavy atom. The van der Waals surface area contributed by atoms with Crippen molar-refractivity contribution in [3.8, 4) is 0 Å². The van der Waals surface area contributed by atoms with E-state index in [1.54, 1.807) is 0 Å². The second-order valence-corrected chi connectivity index (χ2v) is 5.66. The van der Waals surface area contributed by atoms with E-state index in [9.17, 15) is 0 Å². The summed E-state index contributed by atoms with van der Waals surface area (Å²) in [5.41, 5.74) is 1.43. The van der Waals surface area contributed by atoms with Crippen LogP contribution in [0.3, 0.4) is 0 Å². The lowest BCUT2D eigenvalue weighted by Gasteiger charge is -2.35. The smallest absolute Gasteiger partial charge is 0.0233 e. The van der Waals surface area contributed by atoms with Gasteiger partial charge in [0.15, 0.2) is 0 Å². The third-order valence-electron chi connectivity index (χ3n) is 4.35. The lowest BCUT2D eigenvalue weighted by molar-refractivity contribution is 0.166. The topological polar surface area (TPSA) is 15.3 Å². The third-order valence-corrected chi connectivity index (χ3v) is 4.35. The summed E-state index contributed by atoms with van der Waals surface area (Å²) >= 11 is 0. The van der Waals surface area contributed by atoms with Gasteiger partial charge < -0.3 is 5.32 Å². The van der Waals surface area contributed by atoms with Crippen molar-refractivity contribution in [3.05, 3.63) is 35.9 Å². The molecule has 2 heterocycles. The summed E-state index contributed by atoms with van der Waals surface area (Å²) in [6.45, 7) is 1.09. The van der Waals surface area contributed by atoms with E-state index >= 15 is 0 Å². The van der Waals surface area contributed by atoms with Crippen LogP contribution in [0.2, 0.25) is 0 Å². The normalized spacial score (nSPS) is 32.0. The Labute approximate surface area is 104 Å². The first kappa shape index (κ1) is 11.2. The zero-order valence-corrected chi connectivity index (χ0v) is 10.6. The van der Waals surface area contributed by atoms with Crippen LogP contribution in [0.1, 0.15) is 31.2 Å². The van der Waals surface area contributed by atoms with Crippen LogP contribution in [0, 0.1) is 0 Å². The summed E-state index contributed by atoms with van der Waals surface area (Å²) in [6.07, 6.45) is 5.44. The lowest BCUT2D eigenvalue weighted by Crippen LogP contribution is -2.46. The van der Waals surface area contributed by atoms with Gasteiger partial charge in [-0.15, -0.1) is 0 Å². The molecule has 0 saturated carbocycles. The lowest BCUT2D eigenvalue weighted by atomic mass is 9.98. The van der Waals surface area contributed by atoms with E-state index < -0.39 is 0 Å². The van der Waals surface area contributed by atoms with Crippen LogP contribution < -0.4 is 5.32 Å². The molecule has 92 valence electrons. The van der Waals surface area contributed by atoms with Crippen LogP contribution in [0.4, 0.5) is 0 Å². The maximum Gasteiger partial charge on any atom is 0.0233 e. The molecule has 2 nitrogen and oxygen atoms in total. The predicted octanol–water partition coefficient (Wildman–Crippen LogP) is 2.40. The number of benzene rings is 1. The highest BCUT2D eigenvalue weighted by molar-refractivity contribution is 5.14. The number of rotatable bonds is 3. The number of piperidine rings is 1. The van der Waals surface area contributed by atoms with Crippen molar-refractivity contribution in [3.63, 3.8) is 0 Å². The van der Waals surface area contributed by atoms with Crippen LogP contribution in [0.5, 0.6) is 0 Å². The van der Waals surface area contributed by atoms with Gasteiger partial charge in [-0.05, 0) is 38.3 Å². The van der Waals surface area contributed by atoms with Gasteiger partial charge in [0.1, 0.15) is 0 Å². The van der Waals surface area contributed by atoms with Gasteiger partial charge in [-0.25, -0.2) is 0 Å². The Morgan fingerprint density at radius 3 is 2.41 bits per heavy atom. The molecule has 2 fully saturated rings. The molecule has 0 spiro atoms. The van der Waals surface area contributed by atoms with Gasteiger partial charge in [0.05, 0.1) is 0 Å². The van der Waals surface area contributed by atoms with Crippen LogP contribution >= 0.6 is 0 Å². The monoisotopic (exact) mass is 230 g/mol. The van der Waals surface area contributed by atoms with Crippen LogP contribution in [-0.2, 0) is 6.54 Å². The van der Waals surface area contributed by atoms with E-state index in [1.165, 1.54) is 31.2 Å². The molecule has 1 aromatic rings. The highest BCUT2D eigenvalue weighted by Crippen LogP contribution is 2.29. The first-order valence-corrected chi connectivity index (χ1v) is 6.81. The maximum absolute atomic E-state index is 3.71. The highest BCUT2D eigenvalue weighted by atomic mass is 15.2. The summed E-state index contributed by atoms with van der Waals surface area (Å²) in [5, 5.41) is 3.71. The fourth-order valence-electron chi connectivity index (χ4n) is 3.39. The second kappa shape index (κ2) is 4.79. The summed E-state index contributed by atoms with van der Waals surface area (Å²) in [7, 11) is 2.28. The molecule has 2 aliphatic rings. The SMILES string of the molecule is CN(Cc1ccccc1)C1C[C@@H]2CC[C@@H](C1)N2. The molecular formula is C15H22N2. The number of nitrogens with zero attached hydrogens (tertiary/aromatic N) is 1. The molecular weight excluding hydrogens is 208 g/mol. The molecule has 0 aliphatic carbocycles. The van der Waals surface area contributed by atoms with Crippen molar-refractivity contribution in [2.24, 2.45) is 0 Å². The molecule has 17 heavy (non-hydrogen) atoms. The standard InChI is InChI=1S/C15H22N2/c1-17(11-12-5-3-2-4-6-12)15-9-13-7-8-14(10-15)16-13/h2-6,13-16H,7-11H2,1H3/t13-,14-/m0/s1.